The van der Waals surface area contributed by atoms with Gasteiger partial charge < -0.3 is 10.6 Å². The van der Waals surface area contributed by atoms with Crippen LogP contribution in [0.15, 0.2) is 23.2 Å². The first-order chi connectivity index (χ1) is 12.3. The second-order valence-corrected chi connectivity index (χ2v) is 9.12. The molecule has 1 heterocycles. The summed E-state index contributed by atoms with van der Waals surface area (Å²) in [6.07, 6.45) is 4.95. The predicted molar refractivity (Wildman–Crippen MR) is 106 cm³/mol. The number of nitrogens with zero attached hydrogens (tertiary/aromatic N) is 2. The fourth-order valence-electron chi connectivity index (χ4n) is 3.12. The number of benzene rings is 1. The van der Waals surface area contributed by atoms with E-state index in [0.717, 1.165) is 29.7 Å². The van der Waals surface area contributed by atoms with Gasteiger partial charge in [-0.25, -0.2) is 12.8 Å². The Balaban J connectivity index is 1.93. The lowest BCUT2D eigenvalue weighted by atomic mass is 10.1. The van der Waals surface area contributed by atoms with Crippen molar-refractivity contribution in [2.75, 3.05) is 32.6 Å². The number of thioether (sulfide) groups is 1. The highest BCUT2D eigenvalue weighted by atomic mass is 32.2. The third-order valence-corrected chi connectivity index (χ3v) is 6.32. The lowest BCUT2D eigenvalue weighted by Crippen LogP contribution is -2.46. The summed E-state index contributed by atoms with van der Waals surface area (Å²) in [6, 6.07) is 4.75. The minimum Gasteiger partial charge on any atom is -0.355 e. The average molecular weight is 403 g/mol. The average Bonchev–Trinajstić information content (AvgIpc) is 3.06. The second-order valence-electron chi connectivity index (χ2n) is 6.32. The van der Waals surface area contributed by atoms with Gasteiger partial charge in [-0.1, -0.05) is 6.07 Å². The molecule has 0 aliphatic carbocycles. The molecule has 0 bridgehead atoms. The molecule has 2 N–H and O–H groups in total. The first-order valence-corrected chi connectivity index (χ1v) is 11.8. The van der Waals surface area contributed by atoms with Crippen molar-refractivity contribution in [3.8, 4) is 0 Å². The Hall–Kier alpha value is -1.32. The highest BCUT2D eigenvalue weighted by Gasteiger charge is 2.31. The van der Waals surface area contributed by atoms with Crippen molar-refractivity contribution in [2.45, 2.75) is 31.2 Å². The highest BCUT2D eigenvalue weighted by molar-refractivity contribution is 7.97. The van der Waals surface area contributed by atoms with E-state index in [-0.39, 0.29) is 11.9 Å². The van der Waals surface area contributed by atoms with Crippen LogP contribution in [-0.4, -0.2) is 57.4 Å². The van der Waals surface area contributed by atoms with Crippen molar-refractivity contribution in [1.29, 1.82) is 0 Å². The molecular formula is C17H27FN4O2S2. The molecule has 146 valence electrons. The first kappa shape index (κ1) is 21.0. The van der Waals surface area contributed by atoms with E-state index in [1.54, 1.807) is 35.2 Å². The fourth-order valence-corrected chi connectivity index (χ4v) is 4.88. The van der Waals surface area contributed by atoms with Crippen molar-refractivity contribution in [1.82, 2.24) is 14.9 Å². The van der Waals surface area contributed by atoms with Crippen LogP contribution in [0.3, 0.4) is 0 Å². The van der Waals surface area contributed by atoms with E-state index in [2.05, 4.69) is 15.6 Å². The summed E-state index contributed by atoms with van der Waals surface area (Å²) in [5, 5.41) is 6.42. The Morgan fingerprint density at radius 3 is 2.81 bits per heavy atom. The Bertz CT molecular complexity index is 740. The van der Waals surface area contributed by atoms with E-state index in [1.165, 1.54) is 12.3 Å². The Morgan fingerprint density at radius 2 is 2.15 bits per heavy atom. The SMILES string of the molecule is CN=C(NCc1ccc(F)cc1CSC)NC[C@H]1CCCN1S(C)(=O)=O. The monoisotopic (exact) mass is 402 g/mol. The highest BCUT2D eigenvalue weighted by Crippen LogP contribution is 2.19. The molecule has 26 heavy (non-hydrogen) atoms. The van der Waals surface area contributed by atoms with Gasteiger partial charge in [-0.2, -0.15) is 16.1 Å². The van der Waals surface area contributed by atoms with Crippen LogP contribution in [0.25, 0.3) is 0 Å². The minimum absolute atomic E-state index is 0.0542. The Morgan fingerprint density at radius 1 is 1.38 bits per heavy atom. The zero-order valence-electron chi connectivity index (χ0n) is 15.5. The Labute approximate surface area is 159 Å². The molecule has 0 unspecified atom stereocenters. The van der Waals surface area contributed by atoms with Crippen LogP contribution in [0.2, 0.25) is 0 Å². The zero-order chi connectivity index (χ0) is 19.2. The fraction of sp³-hybridized carbons (Fsp3) is 0.588. The van der Waals surface area contributed by atoms with Crippen molar-refractivity contribution in [3.05, 3.63) is 35.1 Å². The van der Waals surface area contributed by atoms with E-state index in [0.29, 0.717) is 25.6 Å². The number of guanidine groups is 1. The van der Waals surface area contributed by atoms with E-state index < -0.39 is 10.0 Å². The summed E-state index contributed by atoms with van der Waals surface area (Å²) in [4.78, 5) is 4.19. The van der Waals surface area contributed by atoms with E-state index in [4.69, 9.17) is 0 Å². The predicted octanol–water partition coefficient (Wildman–Crippen LogP) is 1.78. The Kier molecular flexibility index (Phi) is 7.72. The van der Waals surface area contributed by atoms with Gasteiger partial charge in [-0.15, -0.1) is 0 Å². The maximum absolute atomic E-state index is 13.4. The van der Waals surface area contributed by atoms with Crippen LogP contribution >= 0.6 is 11.8 Å². The summed E-state index contributed by atoms with van der Waals surface area (Å²) in [6.45, 7) is 1.61. The third-order valence-electron chi connectivity index (χ3n) is 4.39. The van der Waals surface area contributed by atoms with Crippen LogP contribution in [0, 0.1) is 5.82 Å². The van der Waals surface area contributed by atoms with E-state index in [9.17, 15) is 12.8 Å². The van der Waals surface area contributed by atoms with E-state index >= 15 is 0 Å². The molecule has 2 rings (SSSR count). The molecule has 0 aromatic heterocycles. The molecule has 1 aliphatic rings. The topological polar surface area (TPSA) is 73.8 Å². The van der Waals surface area contributed by atoms with Gasteiger partial charge in [0.05, 0.1) is 6.26 Å². The lowest BCUT2D eigenvalue weighted by Gasteiger charge is -2.23. The van der Waals surface area contributed by atoms with E-state index in [1.807, 2.05) is 6.26 Å². The molecule has 1 atom stereocenters. The van der Waals surface area contributed by atoms with Gasteiger partial charge in [0, 0.05) is 38.5 Å². The standard InChI is InChI=1S/C17H27FN4O2S2/c1-19-17(21-11-16-5-4-8-22(16)26(3,23)24)20-10-13-6-7-15(18)9-14(13)12-25-2/h6-7,9,16H,4-5,8,10-12H2,1-3H3,(H2,19,20,21)/t16-/m1/s1. The number of halogens is 1. The van der Waals surface area contributed by atoms with Gasteiger partial charge in [0.15, 0.2) is 5.96 Å². The van der Waals surface area contributed by atoms with Crippen LogP contribution in [-0.2, 0) is 22.3 Å². The molecule has 0 radical (unpaired) electrons. The molecule has 1 saturated heterocycles. The molecule has 0 saturated carbocycles. The minimum atomic E-state index is -3.18. The van der Waals surface area contributed by atoms with Gasteiger partial charge in [0.25, 0.3) is 0 Å². The molecule has 1 fully saturated rings. The van der Waals surface area contributed by atoms with Crippen LogP contribution in [0.1, 0.15) is 24.0 Å². The normalized spacial score (nSPS) is 18.9. The molecule has 1 aromatic rings. The van der Waals surface area contributed by atoms with Gasteiger partial charge in [0.1, 0.15) is 5.82 Å². The molecule has 9 heteroatoms. The second kappa shape index (κ2) is 9.57. The molecule has 6 nitrogen and oxygen atoms in total. The van der Waals surface area contributed by atoms with Gasteiger partial charge in [-0.05, 0) is 42.4 Å². The molecule has 0 amide bonds. The van der Waals surface area contributed by atoms with Crippen LogP contribution in [0.5, 0.6) is 0 Å². The summed E-state index contributed by atoms with van der Waals surface area (Å²) in [5.41, 5.74) is 1.97. The first-order valence-electron chi connectivity index (χ1n) is 8.52. The van der Waals surface area contributed by atoms with Gasteiger partial charge in [0.2, 0.25) is 10.0 Å². The summed E-state index contributed by atoms with van der Waals surface area (Å²) < 4.78 is 38.6. The number of aliphatic imine (C=N–C) groups is 1. The molecule has 0 spiro atoms. The largest absolute Gasteiger partial charge is 0.355 e. The maximum atomic E-state index is 13.4. The lowest BCUT2D eigenvalue weighted by molar-refractivity contribution is 0.387. The van der Waals surface area contributed by atoms with Crippen molar-refractivity contribution >= 4 is 27.7 Å². The van der Waals surface area contributed by atoms with Crippen molar-refractivity contribution in [2.24, 2.45) is 4.99 Å². The smallest absolute Gasteiger partial charge is 0.211 e. The van der Waals surface area contributed by atoms with Crippen LogP contribution in [0.4, 0.5) is 4.39 Å². The maximum Gasteiger partial charge on any atom is 0.211 e. The molecular weight excluding hydrogens is 375 g/mol. The number of hydrogen-bond donors (Lipinski definition) is 2. The van der Waals surface area contributed by atoms with Crippen molar-refractivity contribution in [3.63, 3.8) is 0 Å². The summed E-state index contributed by atoms with van der Waals surface area (Å²) in [5.74, 6) is 1.11. The van der Waals surface area contributed by atoms with Gasteiger partial charge in [-0.3, -0.25) is 4.99 Å². The number of hydrogen-bond acceptors (Lipinski definition) is 4. The number of sulfonamides is 1. The summed E-state index contributed by atoms with van der Waals surface area (Å²) in [7, 11) is -1.51. The number of rotatable bonds is 7. The van der Waals surface area contributed by atoms with Crippen LogP contribution < -0.4 is 10.6 Å². The third kappa shape index (κ3) is 5.85. The molecule has 1 aromatic carbocycles. The quantitative estimate of drug-likeness (QED) is 0.537. The van der Waals surface area contributed by atoms with Crippen molar-refractivity contribution < 1.29 is 12.8 Å². The number of nitrogens with one attached hydrogen (secondary N) is 2. The van der Waals surface area contributed by atoms with Gasteiger partial charge >= 0.3 is 0 Å². The zero-order valence-corrected chi connectivity index (χ0v) is 17.1. The molecule has 1 aliphatic heterocycles. The summed E-state index contributed by atoms with van der Waals surface area (Å²) >= 11 is 1.64.